The van der Waals surface area contributed by atoms with E-state index in [1.54, 1.807) is 0 Å². The van der Waals surface area contributed by atoms with Gasteiger partial charge in [0.15, 0.2) is 0 Å². The van der Waals surface area contributed by atoms with Crippen molar-refractivity contribution in [1.29, 1.82) is 0 Å². The van der Waals surface area contributed by atoms with Gasteiger partial charge in [-0.05, 0) is 29.7 Å². The van der Waals surface area contributed by atoms with Gasteiger partial charge in [-0.25, -0.2) is 0 Å². The number of nitrogens with zero attached hydrogens (tertiary/aromatic N) is 2. The monoisotopic (exact) mass is 285 g/mol. The molecule has 0 unspecified atom stereocenters. The Morgan fingerprint density at radius 2 is 2.15 bits per heavy atom. The van der Waals surface area contributed by atoms with E-state index in [0.717, 1.165) is 12.0 Å². The predicted octanol–water partition coefficient (Wildman–Crippen LogP) is 2.51. The Bertz CT molecular complexity index is 790. The second-order valence-electron chi connectivity index (χ2n) is 4.58. The van der Waals surface area contributed by atoms with E-state index >= 15 is 0 Å². The number of rotatable bonds is 3. The highest BCUT2D eigenvalue weighted by atomic mass is 35.5. The SMILES string of the molecule is Nc1cnn(-c2cccc(CC3=CC=C3)c2)c(=O)c1Cl. The number of halogens is 1. The molecule has 1 heterocycles. The molecule has 2 N–H and O–H groups in total. The van der Waals surface area contributed by atoms with Gasteiger partial charge in [0.2, 0.25) is 0 Å². The lowest BCUT2D eigenvalue weighted by Crippen LogP contribution is -2.22. The van der Waals surface area contributed by atoms with Gasteiger partial charge in [-0.15, -0.1) is 0 Å². The summed E-state index contributed by atoms with van der Waals surface area (Å²) in [6.45, 7) is 0. The first-order chi connectivity index (χ1) is 9.65. The molecule has 0 radical (unpaired) electrons. The third kappa shape index (κ3) is 2.26. The van der Waals surface area contributed by atoms with Gasteiger partial charge in [0.1, 0.15) is 5.02 Å². The Hall–Kier alpha value is -2.33. The predicted molar refractivity (Wildman–Crippen MR) is 80.2 cm³/mol. The van der Waals surface area contributed by atoms with Gasteiger partial charge in [0.25, 0.3) is 5.56 Å². The number of nitrogens with two attached hydrogens (primary N) is 1. The molecule has 0 atom stereocenters. The molecular weight excluding hydrogens is 274 g/mol. The lowest BCUT2D eigenvalue weighted by Gasteiger charge is -2.10. The van der Waals surface area contributed by atoms with Crippen LogP contribution in [0.1, 0.15) is 5.56 Å². The number of nitrogen functional groups attached to an aromatic ring is 1. The summed E-state index contributed by atoms with van der Waals surface area (Å²) < 4.78 is 1.26. The summed E-state index contributed by atoms with van der Waals surface area (Å²) in [5.41, 5.74) is 8.40. The van der Waals surface area contributed by atoms with Crippen LogP contribution in [0.25, 0.3) is 5.69 Å². The molecule has 0 saturated carbocycles. The molecule has 0 aliphatic heterocycles. The van der Waals surface area contributed by atoms with E-state index in [0.29, 0.717) is 5.69 Å². The van der Waals surface area contributed by atoms with Crippen molar-refractivity contribution >= 4 is 17.3 Å². The zero-order valence-corrected chi connectivity index (χ0v) is 11.3. The minimum Gasteiger partial charge on any atom is -0.396 e. The zero-order valence-electron chi connectivity index (χ0n) is 10.6. The van der Waals surface area contributed by atoms with Crippen molar-refractivity contribution in [3.05, 3.63) is 75.2 Å². The summed E-state index contributed by atoms with van der Waals surface area (Å²) in [6, 6.07) is 7.65. The standard InChI is InChI=1S/C15H12ClN3O/c16-14-13(17)9-18-19(15(14)20)12-6-2-5-11(8-12)7-10-3-1-4-10/h1-6,8-9H,7,17H2. The summed E-state index contributed by atoms with van der Waals surface area (Å²) >= 11 is 5.87. The first-order valence-electron chi connectivity index (χ1n) is 6.15. The van der Waals surface area contributed by atoms with Crippen LogP contribution < -0.4 is 11.3 Å². The molecule has 0 saturated heterocycles. The van der Waals surface area contributed by atoms with E-state index in [9.17, 15) is 4.79 Å². The molecule has 1 aromatic carbocycles. The molecule has 4 nitrogen and oxygen atoms in total. The molecule has 3 rings (SSSR count). The fourth-order valence-electron chi connectivity index (χ4n) is 2.01. The van der Waals surface area contributed by atoms with Crippen molar-refractivity contribution in [3.8, 4) is 5.69 Å². The van der Waals surface area contributed by atoms with E-state index in [2.05, 4.69) is 17.3 Å². The molecular formula is C15H12ClN3O. The van der Waals surface area contributed by atoms with Gasteiger partial charge in [0.05, 0.1) is 17.6 Å². The molecule has 0 spiro atoms. The Balaban J connectivity index is 2.00. The maximum atomic E-state index is 12.1. The molecule has 1 aliphatic carbocycles. The number of benzene rings is 1. The third-order valence-electron chi connectivity index (χ3n) is 3.13. The van der Waals surface area contributed by atoms with Crippen molar-refractivity contribution in [1.82, 2.24) is 9.78 Å². The smallest absolute Gasteiger partial charge is 0.292 e. The maximum Gasteiger partial charge on any atom is 0.292 e. The van der Waals surface area contributed by atoms with E-state index in [-0.39, 0.29) is 10.7 Å². The van der Waals surface area contributed by atoms with Crippen LogP contribution in [0.2, 0.25) is 5.02 Å². The van der Waals surface area contributed by atoms with Gasteiger partial charge in [-0.3, -0.25) is 4.79 Å². The second-order valence-corrected chi connectivity index (χ2v) is 4.96. The van der Waals surface area contributed by atoms with Gasteiger partial charge < -0.3 is 5.73 Å². The first kappa shape index (κ1) is 12.7. The van der Waals surface area contributed by atoms with Gasteiger partial charge in [0, 0.05) is 0 Å². The quantitative estimate of drug-likeness (QED) is 0.942. The number of hydrogen-bond donors (Lipinski definition) is 1. The van der Waals surface area contributed by atoms with Crippen LogP contribution in [0.3, 0.4) is 0 Å². The number of anilines is 1. The van der Waals surface area contributed by atoms with E-state index in [1.165, 1.54) is 16.5 Å². The van der Waals surface area contributed by atoms with Crippen LogP contribution in [0.5, 0.6) is 0 Å². The molecule has 0 bridgehead atoms. The topological polar surface area (TPSA) is 60.9 Å². The fraction of sp³-hybridized carbons (Fsp3) is 0.0667. The normalized spacial score (nSPS) is 12.9. The molecule has 0 amide bonds. The molecule has 2 aromatic rings. The lowest BCUT2D eigenvalue weighted by molar-refractivity contribution is 0.808. The lowest BCUT2D eigenvalue weighted by atomic mass is 9.99. The van der Waals surface area contributed by atoms with Gasteiger partial charge in [-0.1, -0.05) is 42.0 Å². The summed E-state index contributed by atoms with van der Waals surface area (Å²) in [7, 11) is 0. The van der Waals surface area contributed by atoms with Crippen LogP contribution in [-0.2, 0) is 6.42 Å². The number of hydrogen-bond acceptors (Lipinski definition) is 3. The summed E-state index contributed by atoms with van der Waals surface area (Å²) in [6.07, 6.45) is 8.36. The first-order valence-corrected chi connectivity index (χ1v) is 6.53. The van der Waals surface area contributed by atoms with Crippen LogP contribution in [0, 0.1) is 0 Å². The molecule has 100 valence electrons. The van der Waals surface area contributed by atoms with Crippen LogP contribution in [0.15, 0.2) is 59.1 Å². The van der Waals surface area contributed by atoms with Crippen molar-refractivity contribution in [3.63, 3.8) is 0 Å². The van der Waals surface area contributed by atoms with E-state index in [1.807, 2.05) is 30.3 Å². The van der Waals surface area contributed by atoms with Crippen LogP contribution in [0.4, 0.5) is 5.69 Å². The molecule has 1 aliphatic rings. The Morgan fingerprint density at radius 1 is 1.35 bits per heavy atom. The van der Waals surface area contributed by atoms with Crippen LogP contribution in [-0.4, -0.2) is 9.78 Å². The van der Waals surface area contributed by atoms with Gasteiger partial charge >= 0.3 is 0 Å². The summed E-state index contributed by atoms with van der Waals surface area (Å²) in [4.78, 5) is 12.1. The van der Waals surface area contributed by atoms with Crippen molar-refractivity contribution in [2.45, 2.75) is 6.42 Å². The average molecular weight is 286 g/mol. The number of allylic oxidation sites excluding steroid dienone is 4. The third-order valence-corrected chi connectivity index (χ3v) is 3.51. The van der Waals surface area contributed by atoms with E-state index in [4.69, 9.17) is 17.3 Å². The summed E-state index contributed by atoms with van der Waals surface area (Å²) in [5, 5.41) is 4.02. The Kier molecular flexibility index (Phi) is 3.16. The molecule has 20 heavy (non-hydrogen) atoms. The van der Waals surface area contributed by atoms with Crippen LogP contribution >= 0.6 is 11.6 Å². The van der Waals surface area contributed by atoms with Crippen molar-refractivity contribution in [2.75, 3.05) is 5.73 Å². The number of aromatic nitrogens is 2. The van der Waals surface area contributed by atoms with Crippen molar-refractivity contribution < 1.29 is 0 Å². The molecule has 1 aromatic heterocycles. The van der Waals surface area contributed by atoms with Gasteiger partial charge in [-0.2, -0.15) is 9.78 Å². The summed E-state index contributed by atoms with van der Waals surface area (Å²) in [5.74, 6) is 0. The minimum absolute atomic E-state index is 0.00459. The largest absolute Gasteiger partial charge is 0.396 e. The highest BCUT2D eigenvalue weighted by Crippen LogP contribution is 2.18. The highest BCUT2D eigenvalue weighted by Gasteiger charge is 2.09. The molecule has 0 fully saturated rings. The zero-order chi connectivity index (χ0) is 14.1. The molecule has 5 heteroatoms. The van der Waals surface area contributed by atoms with Crippen molar-refractivity contribution in [2.24, 2.45) is 0 Å². The Labute approximate surface area is 120 Å². The maximum absolute atomic E-state index is 12.1. The average Bonchev–Trinajstić information content (AvgIpc) is 2.41. The fourth-order valence-corrected chi connectivity index (χ4v) is 2.14. The minimum atomic E-state index is -0.411. The Morgan fingerprint density at radius 3 is 2.85 bits per heavy atom. The highest BCUT2D eigenvalue weighted by molar-refractivity contribution is 6.32. The van der Waals surface area contributed by atoms with E-state index < -0.39 is 5.56 Å². The second kappa shape index (κ2) is 4.98.